The number of para-hydroxylation sites is 1. The van der Waals surface area contributed by atoms with Gasteiger partial charge in [-0.2, -0.15) is 0 Å². The highest BCUT2D eigenvalue weighted by Gasteiger charge is 2.39. The first-order valence-electron chi connectivity index (χ1n) is 7.66. The van der Waals surface area contributed by atoms with Crippen LogP contribution in [0, 0.1) is 0 Å². The van der Waals surface area contributed by atoms with Gasteiger partial charge in [-0.05, 0) is 57.8 Å². The van der Waals surface area contributed by atoms with Gasteiger partial charge in [0.2, 0.25) is 0 Å². The fraction of sp³-hybridized carbons (Fsp3) is 0.316. The molecule has 2 rings (SSSR count). The molecule has 5 heteroatoms. The van der Waals surface area contributed by atoms with Crippen LogP contribution < -0.4 is 4.74 Å². The topological polar surface area (TPSA) is 38.8 Å². The summed E-state index contributed by atoms with van der Waals surface area (Å²) in [6.45, 7) is 4.01. The molecule has 1 atom stereocenters. The highest BCUT2D eigenvalue weighted by atomic mass is 35.5. The maximum Gasteiger partial charge on any atom is 0.330 e. The van der Waals surface area contributed by atoms with Crippen LogP contribution in [0.3, 0.4) is 0 Å². The Bertz CT molecular complexity index is 661. The van der Waals surface area contributed by atoms with Crippen LogP contribution >= 0.6 is 12.4 Å². The van der Waals surface area contributed by atoms with E-state index in [9.17, 15) is 4.79 Å². The standard InChI is InChI=1S/C19H23NO3.ClH/c1-5-22-18(21)19(2,20(3)4)15-10-9-13-17(14-15)23-16-11-7-6-8-12-16;/h6-14H,5H2,1-4H3;1H. The van der Waals surface area contributed by atoms with Crippen molar-refractivity contribution in [2.75, 3.05) is 20.7 Å². The number of ether oxygens (including phenoxy) is 2. The van der Waals surface area contributed by atoms with Crippen LogP contribution in [0.1, 0.15) is 19.4 Å². The third-order valence-electron chi connectivity index (χ3n) is 3.94. The number of nitrogens with zero attached hydrogens (tertiary/aromatic N) is 1. The SMILES string of the molecule is CCOC(=O)C(C)(c1cccc(Oc2ccccc2)c1)N(C)C.Cl. The molecule has 0 N–H and O–H groups in total. The largest absolute Gasteiger partial charge is 0.464 e. The van der Waals surface area contributed by atoms with Gasteiger partial charge < -0.3 is 9.47 Å². The van der Waals surface area contributed by atoms with Crippen LogP contribution in [0.4, 0.5) is 0 Å². The molecule has 0 saturated carbocycles. The summed E-state index contributed by atoms with van der Waals surface area (Å²) in [6.07, 6.45) is 0. The Morgan fingerprint density at radius 2 is 1.67 bits per heavy atom. The summed E-state index contributed by atoms with van der Waals surface area (Å²) >= 11 is 0. The van der Waals surface area contributed by atoms with E-state index in [0.29, 0.717) is 12.4 Å². The van der Waals surface area contributed by atoms with Crippen LogP contribution in [0.2, 0.25) is 0 Å². The van der Waals surface area contributed by atoms with Gasteiger partial charge in [0.25, 0.3) is 0 Å². The lowest BCUT2D eigenvalue weighted by atomic mass is 9.90. The summed E-state index contributed by atoms with van der Waals surface area (Å²) in [5.74, 6) is 1.17. The molecule has 0 aromatic heterocycles. The lowest BCUT2D eigenvalue weighted by Crippen LogP contribution is -2.46. The number of hydrogen-bond acceptors (Lipinski definition) is 4. The minimum Gasteiger partial charge on any atom is -0.464 e. The molecule has 0 fully saturated rings. The third kappa shape index (κ3) is 4.28. The van der Waals surface area contributed by atoms with Gasteiger partial charge in [0.15, 0.2) is 0 Å². The first-order chi connectivity index (χ1) is 11.0. The average Bonchev–Trinajstić information content (AvgIpc) is 2.55. The van der Waals surface area contributed by atoms with Crippen LogP contribution in [-0.4, -0.2) is 31.6 Å². The van der Waals surface area contributed by atoms with E-state index < -0.39 is 5.54 Å². The van der Waals surface area contributed by atoms with Gasteiger partial charge in [-0.25, -0.2) is 4.79 Å². The Morgan fingerprint density at radius 1 is 1.04 bits per heavy atom. The molecular formula is C19H24ClNO3. The predicted octanol–water partition coefficient (Wildman–Crippen LogP) is 4.24. The zero-order chi connectivity index (χ0) is 16.9. The molecule has 0 aliphatic carbocycles. The average molecular weight is 350 g/mol. The summed E-state index contributed by atoms with van der Waals surface area (Å²) < 4.78 is 11.1. The van der Waals surface area contributed by atoms with E-state index in [2.05, 4.69) is 0 Å². The Morgan fingerprint density at radius 3 is 2.25 bits per heavy atom. The molecule has 130 valence electrons. The molecule has 0 heterocycles. The number of carbonyl (C=O) groups is 1. The molecule has 0 spiro atoms. The molecule has 0 aliphatic rings. The van der Waals surface area contributed by atoms with Crippen molar-refractivity contribution < 1.29 is 14.3 Å². The fourth-order valence-electron chi connectivity index (χ4n) is 2.32. The number of likely N-dealkylation sites (N-methyl/N-ethyl adjacent to an activating group) is 1. The number of hydrogen-bond donors (Lipinski definition) is 0. The molecule has 24 heavy (non-hydrogen) atoms. The smallest absolute Gasteiger partial charge is 0.330 e. The van der Waals surface area contributed by atoms with Gasteiger partial charge in [0, 0.05) is 0 Å². The lowest BCUT2D eigenvalue weighted by Gasteiger charge is -2.34. The maximum absolute atomic E-state index is 12.5. The zero-order valence-electron chi connectivity index (χ0n) is 14.5. The Hall–Kier alpha value is -2.04. The van der Waals surface area contributed by atoms with Crippen molar-refractivity contribution in [3.05, 3.63) is 60.2 Å². The fourth-order valence-corrected chi connectivity index (χ4v) is 2.32. The van der Waals surface area contributed by atoms with Crippen molar-refractivity contribution in [1.82, 2.24) is 4.90 Å². The van der Waals surface area contributed by atoms with Crippen LogP contribution in [0.5, 0.6) is 11.5 Å². The van der Waals surface area contributed by atoms with Crippen molar-refractivity contribution in [3.63, 3.8) is 0 Å². The van der Waals surface area contributed by atoms with Crippen LogP contribution in [0.25, 0.3) is 0 Å². The summed E-state index contributed by atoms with van der Waals surface area (Å²) in [7, 11) is 3.73. The first-order valence-corrected chi connectivity index (χ1v) is 7.66. The Kier molecular flexibility index (Phi) is 7.26. The lowest BCUT2D eigenvalue weighted by molar-refractivity contribution is -0.156. The molecule has 2 aromatic carbocycles. The van der Waals surface area contributed by atoms with E-state index >= 15 is 0 Å². The molecule has 0 bridgehead atoms. The molecule has 4 nitrogen and oxygen atoms in total. The maximum atomic E-state index is 12.5. The third-order valence-corrected chi connectivity index (χ3v) is 3.94. The molecule has 0 aliphatic heterocycles. The van der Waals surface area contributed by atoms with Gasteiger partial charge in [-0.15, -0.1) is 12.4 Å². The molecule has 0 amide bonds. The van der Waals surface area contributed by atoms with Crippen molar-refractivity contribution in [2.24, 2.45) is 0 Å². The number of benzene rings is 2. The van der Waals surface area contributed by atoms with Crippen molar-refractivity contribution in [3.8, 4) is 11.5 Å². The van der Waals surface area contributed by atoms with E-state index in [1.165, 1.54) is 0 Å². The Labute approximate surface area is 149 Å². The molecular weight excluding hydrogens is 326 g/mol. The molecule has 0 saturated heterocycles. The normalized spacial score (nSPS) is 12.9. The first kappa shape index (κ1) is 20.0. The minimum atomic E-state index is -0.869. The predicted molar refractivity (Wildman–Crippen MR) is 97.9 cm³/mol. The van der Waals surface area contributed by atoms with Crippen molar-refractivity contribution in [2.45, 2.75) is 19.4 Å². The number of halogens is 1. The van der Waals surface area contributed by atoms with Gasteiger partial charge in [-0.1, -0.05) is 30.3 Å². The molecule has 1 unspecified atom stereocenters. The number of rotatable bonds is 6. The van der Waals surface area contributed by atoms with Gasteiger partial charge in [0.1, 0.15) is 17.0 Å². The van der Waals surface area contributed by atoms with Gasteiger partial charge in [0.05, 0.1) is 6.61 Å². The highest BCUT2D eigenvalue weighted by Crippen LogP contribution is 2.31. The number of carbonyl (C=O) groups excluding carboxylic acids is 1. The molecule has 0 radical (unpaired) electrons. The van der Waals surface area contributed by atoms with E-state index in [-0.39, 0.29) is 18.4 Å². The second-order valence-corrected chi connectivity index (χ2v) is 5.63. The van der Waals surface area contributed by atoms with E-state index in [1.807, 2.05) is 87.4 Å². The van der Waals surface area contributed by atoms with Crippen molar-refractivity contribution in [1.29, 1.82) is 0 Å². The van der Waals surface area contributed by atoms with Gasteiger partial charge >= 0.3 is 5.97 Å². The summed E-state index contributed by atoms with van der Waals surface area (Å²) in [5.41, 5.74) is -0.0408. The van der Waals surface area contributed by atoms with Gasteiger partial charge in [-0.3, -0.25) is 4.90 Å². The highest BCUT2D eigenvalue weighted by molar-refractivity contribution is 5.85. The molecule has 2 aromatic rings. The zero-order valence-corrected chi connectivity index (χ0v) is 15.3. The van der Waals surface area contributed by atoms with Crippen molar-refractivity contribution >= 4 is 18.4 Å². The van der Waals surface area contributed by atoms with E-state index in [0.717, 1.165) is 11.3 Å². The van der Waals surface area contributed by atoms with Crippen LogP contribution in [0.15, 0.2) is 54.6 Å². The second-order valence-electron chi connectivity index (χ2n) is 5.63. The summed E-state index contributed by atoms with van der Waals surface area (Å²) in [6, 6.07) is 17.1. The quantitative estimate of drug-likeness (QED) is 0.731. The minimum absolute atomic E-state index is 0. The summed E-state index contributed by atoms with van der Waals surface area (Å²) in [5, 5.41) is 0. The monoisotopic (exact) mass is 349 g/mol. The number of esters is 1. The second kappa shape index (κ2) is 8.71. The van der Waals surface area contributed by atoms with E-state index in [4.69, 9.17) is 9.47 Å². The Balaban J connectivity index is 0.00000288. The summed E-state index contributed by atoms with van der Waals surface area (Å²) in [4.78, 5) is 14.3. The van der Waals surface area contributed by atoms with Crippen LogP contribution in [-0.2, 0) is 15.1 Å². The van der Waals surface area contributed by atoms with E-state index in [1.54, 1.807) is 0 Å².